The Hall–Kier alpha value is -3.51. The second kappa shape index (κ2) is 13.9. The van der Waals surface area contributed by atoms with E-state index in [0.717, 1.165) is 56.4 Å². The van der Waals surface area contributed by atoms with Crippen LogP contribution in [0.1, 0.15) is 55.3 Å². The van der Waals surface area contributed by atoms with Crippen molar-refractivity contribution >= 4 is 23.4 Å². The number of halogens is 3. The minimum absolute atomic E-state index is 0.00474. The molecule has 12 heteroatoms. The summed E-state index contributed by atoms with van der Waals surface area (Å²) in [5.74, 6) is -0.0822. The van der Waals surface area contributed by atoms with Gasteiger partial charge in [0.05, 0.1) is 35.6 Å². The normalized spacial score (nSPS) is 15.2. The standard InChI is InChI=1S/C31H36F3N5O3S/c32-31(33,34)21-11-13-22(14-12-21)36-17-5-1-4-16-35-19-28(41)38-18-15-25-24(20-38)29(42)39(26-9-2-3-10-27(26)40)30(37-25)43-23-7-6-8-23/h2-3,9-14,23,35-36,40H,1,4-8,15-20H2. The van der Waals surface area contributed by atoms with Crippen LogP contribution in [0.5, 0.6) is 5.75 Å². The molecule has 3 N–H and O–H groups in total. The van der Waals surface area contributed by atoms with Crippen LogP contribution in [0.4, 0.5) is 18.9 Å². The van der Waals surface area contributed by atoms with Gasteiger partial charge in [0, 0.05) is 30.4 Å². The number of para-hydroxylation sites is 2. The first kappa shape index (κ1) is 30.9. The van der Waals surface area contributed by atoms with E-state index >= 15 is 0 Å². The number of fused-ring (bicyclic) bond motifs is 1. The molecule has 1 saturated carbocycles. The third-order valence-corrected chi connectivity index (χ3v) is 9.14. The number of amides is 1. The van der Waals surface area contributed by atoms with E-state index in [-0.39, 0.29) is 30.3 Å². The molecule has 0 atom stereocenters. The third kappa shape index (κ3) is 7.72. The summed E-state index contributed by atoms with van der Waals surface area (Å²) in [5, 5.41) is 17.8. The maximum atomic E-state index is 13.8. The first-order valence-electron chi connectivity index (χ1n) is 14.7. The van der Waals surface area contributed by atoms with Gasteiger partial charge in [-0.05, 0) is 68.6 Å². The van der Waals surface area contributed by atoms with Crippen LogP contribution >= 0.6 is 11.8 Å². The first-order chi connectivity index (χ1) is 20.7. The van der Waals surface area contributed by atoms with Gasteiger partial charge in [-0.1, -0.05) is 36.7 Å². The second-order valence-corrected chi connectivity index (χ2v) is 12.2. The van der Waals surface area contributed by atoms with Crippen LogP contribution in [0, 0.1) is 0 Å². The maximum Gasteiger partial charge on any atom is 0.416 e. The molecule has 1 aliphatic heterocycles. The highest BCUT2D eigenvalue weighted by Crippen LogP contribution is 2.37. The quantitative estimate of drug-likeness (QED) is 0.186. The number of rotatable bonds is 12. The van der Waals surface area contributed by atoms with Crippen molar-refractivity contribution in [3.63, 3.8) is 0 Å². The fraction of sp³-hybridized carbons (Fsp3) is 0.452. The number of phenolic OH excluding ortho intramolecular Hbond substituents is 1. The molecule has 43 heavy (non-hydrogen) atoms. The van der Waals surface area contributed by atoms with Crippen molar-refractivity contribution in [2.75, 3.05) is 31.5 Å². The lowest BCUT2D eigenvalue weighted by Gasteiger charge is -2.30. The molecular formula is C31H36F3N5O3S. The number of nitrogens with zero attached hydrogens (tertiary/aromatic N) is 3. The molecule has 1 aliphatic carbocycles. The van der Waals surface area contributed by atoms with Crippen LogP contribution in [-0.4, -0.2) is 56.9 Å². The Morgan fingerprint density at radius 3 is 2.49 bits per heavy atom. The molecule has 1 amide bonds. The van der Waals surface area contributed by atoms with Crippen LogP contribution in [0.3, 0.4) is 0 Å². The molecule has 0 unspecified atom stereocenters. The SMILES string of the molecule is O=C(CNCCCCCNc1ccc(C(F)(F)F)cc1)N1CCc2nc(SC3CCC3)n(-c3ccccc3O)c(=O)c2C1. The Labute approximate surface area is 252 Å². The molecule has 0 radical (unpaired) electrons. The molecule has 0 bridgehead atoms. The van der Waals surface area contributed by atoms with Gasteiger partial charge in [0.15, 0.2) is 5.16 Å². The Kier molecular flexibility index (Phi) is 9.97. The van der Waals surface area contributed by atoms with Crippen LogP contribution < -0.4 is 16.2 Å². The summed E-state index contributed by atoms with van der Waals surface area (Å²) in [6.45, 7) is 2.13. The van der Waals surface area contributed by atoms with Gasteiger partial charge in [-0.15, -0.1) is 0 Å². The molecule has 2 aliphatic rings. The number of benzene rings is 2. The highest BCUT2D eigenvalue weighted by molar-refractivity contribution is 7.99. The average Bonchev–Trinajstić information content (AvgIpc) is 2.96. The Bertz CT molecular complexity index is 1470. The molecule has 3 aromatic rings. The lowest BCUT2D eigenvalue weighted by molar-refractivity contribution is -0.137. The highest BCUT2D eigenvalue weighted by Gasteiger charge is 2.30. The van der Waals surface area contributed by atoms with Gasteiger partial charge in [-0.3, -0.25) is 14.2 Å². The smallest absolute Gasteiger partial charge is 0.416 e. The number of aromatic hydroxyl groups is 1. The Balaban J connectivity index is 1.09. The van der Waals surface area contributed by atoms with E-state index in [2.05, 4.69) is 10.6 Å². The summed E-state index contributed by atoms with van der Waals surface area (Å²) < 4.78 is 39.5. The summed E-state index contributed by atoms with van der Waals surface area (Å²) in [7, 11) is 0. The molecular weight excluding hydrogens is 579 g/mol. The van der Waals surface area contributed by atoms with Crippen molar-refractivity contribution in [3.05, 3.63) is 75.7 Å². The summed E-state index contributed by atoms with van der Waals surface area (Å²) >= 11 is 1.58. The van der Waals surface area contributed by atoms with Gasteiger partial charge < -0.3 is 20.6 Å². The average molecular weight is 616 g/mol. The molecule has 2 aromatic carbocycles. The predicted molar refractivity (Wildman–Crippen MR) is 161 cm³/mol. The largest absolute Gasteiger partial charge is 0.506 e. The fourth-order valence-corrected chi connectivity index (χ4v) is 6.44. The molecule has 0 saturated heterocycles. The van der Waals surface area contributed by atoms with E-state index in [1.807, 2.05) is 0 Å². The zero-order valence-electron chi connectivity index (χ0n) is 23.8. The van der Waals surface area contributed by atoms with E-state index in [1.54, 1.807) is 40.9 Å². The predicted octanol–water partition coefficient (Wildman–Crippen LogP) is 5.36. The van der Waals surface area contributed by atoms with Crippen molar-refractivity contribution in [3.8, 4) is 11.4 Å². The summed E-state index contributed by atoms with van der Waals surface area (Å²) in [5.41, 5.74) is 1.34. The number of alkyl halides is 3. The number of carbonyl (C=O) groups is 1. The molecule has 0 spiro atoms. The van der Waals surface area contributed by atoms with E-state index in [0.29, 0.717) is 53.4 Å². The van der Waals surface area contributed by atoms with E-state index in [4.69, 9.17) is 4.98 Å². The number of anilines is 1. The van der Waals surface area contributed by atoms with Crippen molar-refractivity contribution in [2.24, 2.45) is 0 Å². The number of hydrogen-bond donors (Lipinski definition) is 3. The Morgan fingerprint density at radius 1 is 1.05 bits per heavy atom. The Morgan fingerprint density at radius 2 is 1.79 bits per heavy atom. The number of carbonyl (C=O) groups excluding carboxylic acids is 1. The summed E-state index contributed by atoms with van der Waals surface area (Å²) in [4.78, 5) is 33.3. The maximum absolute atomic E-state index is 13.8. The number of aromatic nitrogens is 2. The number of phenols is 1. The monoisotopic (exact) mass is 615 g/mol. The van der Waals surface area contributed by atoms with Crippen LogP contribution in [-0.2, 0) is 23.9 Å². The van der Waals surface area contributed by atoms with E-state index < -0.39 is 11.7 Å². The van der Waals surface area contributed by atoms with Crippen LogP contribution in [0.25, 0.3) is 5.69 Å². The molecule has 1 fully saturated rings. The van der Waals surface area contributed by atoms with Crippen molar-refractivity contribution in [1.82, 2.24) is 19.8 Å². The van der Waals surface area contributed by atoms with Crippen molar-refractivity contribution in [1.29, 1.82) is 0 Å². The van der Waals surface area contributed by atoms with Gasteiger partial charge in [-0.2, -0.15) is 13.2 Å². The second-order valence-electron chi connectivity index (χ2n) is 10.9. The molecule has 2 heterocycles. The van der Waals surface area contributed by atoms with Gasteiger partial charge in [-0.25, -0.2) is 4.98 Å². The van der Waals surface area contributed by atoms with Gasteiger partial charge in [0.1, 0.15) is 5.75 Å². The third-order valence-electron chi connectivity index (χ3n) is 7.85. The first-order valence-corrected chi connectivity index (χ1v) is 15.6. The van der Waals surface area contributed by atoms with E-state index in [9.17, 15) is 27.9 Å². The number of unbranched alkanes of at least 4 members (excludes halogenated alkanes) is 2. The van der Waals surface area contributed by atoms with Gasteiger partial charge in [0.2, 0.25) is 5.91 Å². The number of nitrogens with one attached hydrogen (secondary N) is 2. The topological polar surface area (TPSA) is 99.5 Å². The zero-order valence-corrected chi connectivity index (χ0v) is 24.6. The minimum atomic E-state index is -4.34. The summed E-state index contributed by atoms with van der Waals surface area (Å²) in [6, 6.07) is 11.7. The zero-order chi connectivity index (χ0) is 30.4. The summed E-state index contributed by atoms with van der Waals surface area (Å²) in [6.07, 6.45) is 2.07. The van der Waals surface area contributed by atoms with Crippen LogP contribution in [0.15, 0.2) is 58.5 Å². The van der Waals surface area contributed by atoms with E-state index in [1.165, 1.54) is 16.7 Å². The lowest BCUT2D eigenvalue weighted by atomic mass is 10.0. The minimum Gasteiger partial charge on any atom is -0.506 e. The molecule has 1 aromatic heterocycles. The molecule has 230 valence electrons. The molecule has 8 nitrogen and oxygen atoms in total. The van der Waals surface area contributed by atoms with Gasteiger partial charge in [0.25, 0.3) is 5.56 Å². The highest BCUT2D eigenvalue weighted by atomic mass is 32.2. The lowest BCUT2D eigenvalue weighted by Crippen LogP contribution is -2.44. The van der Waals surface area contributed by atoms with Crippen molar-refractivity contribution < 1.29 is 23.1 Å². The fourth-order valence-electron chi connectivity index (χ4n) is 5.12. The molecule has 5 rings (SSSR count). The number of hydrogen-bond acceptors (Lipinski definition) is 7. The number of thioether (sulfide) groups is 1. The van der Waals surface area contributed by atoms with Crippen LogP contribution in [0.2, 0.25) is 0 Å². The van der Waals surface area contributed by atoms with Gasteiger partial charge >= 0.3 is 6.18 Å². The van der Waals surface area contributed by atoms with Crippen molar-refractivity contribution in [2.45, 2.75) is 68.1 Å².